The van der Waals surface area contributed by atoms with E-state index in [2.05, 4.69) is 10.1 Å². The second-order valence-electron chi connectivity index (χ2n) is 8.21. The molecule has 0 saturated heterocycles. The number of non-ortho nitro benzene ring substituents is 1. The van der Waals surface area contributed by atoms with Gasteiger partial charge in [-0.3, -0.25) is 20.3 Å². The molecule has 192 valence electrons. The van der Waals surface area contributed by atoms with Crippen molar-refractivity contribution >= 4 is 45.5 Å². The molecule has 0 aliphatic carbocycles. The fourth-order valence-electron chi connectivity index (χ4n) is 3.34. The molecule has 2 aliphatic rings. The number of benzene rings is 2. The molecule has 0 fully saturated rings. The molecule has 1 amide bonds. The van der Waals surface area contributed by atoms with E-state index in [1.165, 1.54) is 41.0 Å². The molecule has 4 rings (SSSR count). The molecule has 0 spiro atoms. The maximum Gasteiger partial charge on any atom is 0.283 e. The Bertz CT molecular complexity index is 1290. The third-order valence-corrected chi connectivity index (χ3v) is 6.40. The molecule has 0 bridgehead atoms. The zero-order valence-electron chi connectivity index (χ0n) is 20.2. The lowest BCUT2D eigenvalue weighted by Gasteiger charge is -2.20. The van der Waals surface area contributed by atoms with Crippen LogP contribution in [0, 0.1) is 21.4 Å². The number of ether oxygens (including phenoxy) is 3. The molecule has 2 heterocycles. The van der Waals surface area contributed by atoms with Crippen molar-refractivity contribution in [3.8, 4) is 11.5 Å². The number of nitro groups is 1. The standard InChI is InChI=1S/C25H25N5O6S/c1-16(2)24-28-29-22(26)20(23(31)27-25(29)37-24)15-17-14-18(30(32)33)8-9-21(17)36-13-11-34-10-12-35-19-6-4-3-5-7-19/h3-9,14-16,26H,10-13H2,1-2H3/b20-15+,26-22?. The summed E-state index contributed by atoms with van der Waals surface area (Å²) < 4.78 is 16.9. The van der Waals surface area contributed by atoms with Gasteiger partial charge in [0.05, 0.1) is 23.7 Å². The van der Waals surface area contributed by atoms with Crippen molar-refractivity contribution in [2.75, 3.05) is 26.4 Å². The summed E-state index contributed by atoms with van der Waals surface area (Å²) in [5.74, 6) is 0.390. The average molecular weight is 524 g/mol. The van der Waals surface area contributed by atoms with Crippen LogP contribution >= 0.6 is 11.8 Å². The van der Waals surface area contributed by atoms with Crippen LogP contribution < -0.4 is 9.47 Å². The minimum atomic E-state index is -0.622. The maximum absolute atomic E-state index is 12.7. The van der Waals surface area contributed by atoms with E-state index in [9.17, 15) is 14.9 Å². The first-order valence-electron chi connectivity index (χ1n) is 11.5. The van der Waals surface area contributed by atoms with Gasteiger partial charge in [-0.25, -0.2) is 0 Å². The third-order valence-electron chi connectivity index (χ3n) is 5.19. The minimum absolute atomic E-state index is 0.0437. The Morgan fingerprint density at radius 1 is 1.11 bits per heavy atom. The topological polar surface area (TPSA) is 140 Å². The predicted molar refractivity (Wildman–Crippen MR) is 141 cm³/mol. The number of thioether (sulfide) groups is 1. The molecule has 2 aromatic rings. The van der Waals surface area contributed by atoms with Gasteiger partial charge in [0, 0.05) is 23.6 Å². The van der Waals surface area contributed by atoms with Crippen molar-refractivity contribution < 1.29 is 23.9 Å². The summed E-state index contributed by atoms with van der Waals surface area (Å²) >= 11 is 1.25. The Balaban J connectivity index is 1.43. The first-order valence-corrected chi connectivity index (χ1v) is 12.3. The molecular weight excluding hydrogens is 498 g/mol. The molecule has 0 atom stereocenters. The number of aliphatic imine (C=N–C) groups is 1. The van der Waals surface area contributed by atoms with E-state index in [-0.39, 0.29) is 41.8 Å². The zero-order chi connectivity index (χ0) is 26.4. The smallest absolute Gasteiger partial charge is 0.283 e. The SMILES string of the molecule is CC(C)C1=NN2C(=N)/C(=C\c3cc([N+](=O)[O-])ccc3OCCOCCOc3ccccc3)C(=O)N=C2S1. The number of nitrogens with zero attached hydrogens (tertiary/aromatic N) is 4. The van der Waals surface area contributed by atoms with Crippen LogP contribution in [-0.2, 0) is 9.53 Å². The quantitative estimate of drug-likeness (QED) is 0.198. The van der Waals surface area contributed by atoms with Crippen molar-refractivity contribution in [3.63, 3.8) is 0 Å². The highest BCUT2D eigenvalue weighted by Crippen LogP contribution is 2.32. The lowest BCUT2D eigenvalue weighted by Crippen LogP contribution is -2.35. The summed E-state index contributed by atoms with van der Waals surface area (Å²) in [4.78, 5) is 27.6. The van der Waals surface area contributed by atoms with Gasteiger partial charge in [-0.05, 0) is 36.0 Å². The highest BCUT2D eigenvalue weighted by atomic mass is 32.2. The second kappa shape index (κ2) is 11.8. The summed E-state index contributed by atoms with van der Waals surface area (Å²) in [6.45, 7) is 5.07. The average Bonchev–Trinajstić information content (AvgIpc) is 3.31. The Morgan fingerprint density at radius 2 is 1.84 bits per heavy atom. The van der Waals surface area contributed by atoms with Crippen LogP contribution in [0.2, 0.25) is 0 Å². The number of carbonyl (C=O) groups is 1. The molecular formula is C25H25N5O6S. The second-order valence-corrected chi connectivity index (χ2v) is 9.20. The monoisotopic (exact) mass is 523 g/mol. The highest BCUT2D eigenvalue weighted by molar-refractivity contribution is 8.27. The van der Waals surface area contributed by atoms with Crippen molar-refractivity contribution in [1.82, 2.24) is 5.01 Å². The van der Waals surface area contributed by atoms with Crippen molar-refractivity contribution in [3.05, 3.63) is 69.8 Å². The number of carbonyl (C=O) groups excluding carboxylic acids is 1. The fraction of sp³-hybridized carbons (Fsp3) is 0.280. The summed E-state index contributed by atoms with van der Waals surface area (Å²) in [6, 6.07) is 13.4. The van der Waals surface area contributed by atoms with Crippen LogP contribution in [-0.4, -0.2) is 58.3 Å². The van der Waals surface area contributed by atoms with Crippen LogP contribution in [0.1, 0.15) is 19.4 Å². The summed E-state index contributed by atoms with van der Waals surface area (Å²) in [7, 11) is 0. The lowest BCUT2D eigenvalue weighted by molar-refractivity contribution is -0.384. The Hall–Kier alpha value is -4.03. The van der Waals surface area contributed by atoms with Gasteiger partial charge >= 0.3 is 0 Å². The summed E-state index contributed by atoms with van der Waals surface area (Å²) in [5, 5.41) is 26.6. The Kier molecular flexibility index (Phi) is 8.31. The van der Waals surface area contributed by atoms with Gasteiger partial charge in [0.2, 0.25) is 5.17 Å². The number of para-hydroxylation sites is 1. The van der Waals surface area contributed by atoms with Gasteiger partial charge in [-0.2, -0.15) is 15.1 Å². The normalized spacial score (nSPS) is 16.1. The summed E-state index contributed by atoms with van der Waals surface area (Å²) in [6.07, 6.45) is 1.37. The minimum Gasteiger partial charge on any atom is -0.491 e. The Labute approximate surface area is 217 Å². The molecule has 2 aliphatic heterocycles. The molecule has 0 aromatic heterocycles. The van der Waals surface area contributed by atoms with Gasteiger partial charge in [0.1, 0.15) is 29.8 Å². The molecule has 2 aromatic carbocycles. The first-order chi connectivity index (χ1) is 17.8. The molecule has 1 N–H and O–H groups in total. The van der Waals surface area contributed by atoms with E-state index < -0.39 is 10.8 Å². The van der Waals surface area contributed by atoms with E-state index in [1.54, 1.807) is 0 Å². The lowest BCUT2D eigenvalue weighted by atomic mass is 10.1. The predicted octanol–water partition coefficient (Wildman–Crippen LogP) is 4.34. The highest BCUT2D eigenvalue weighted by Gasteiger charge is 2.36. The zero-order valence-corrected chi connectivity index (χ0v) is 21.1. The molecule has 37 heavy (non-hydrogen) atoms. The molecule has 0 radical (unpaired) electrons. The van der Waals surface area contributed by atoms with Gasteiger partial charge in [-0.15, -0.1) is 0 Å². The number of hydrogen-bond acceptors (Lipinski definition) is 9. The van der Waals surface area contributed by atoms with Crippen molar-refractivity contribution in [2.24, 2.45) is 16.0 Å². The van der Waals surface area contributed by atoms with Crippen LogP contribution in [0.25, 0.3) is 6.08 Å². The number of fused-ring (bicyclic) bond motifs is 1. The molecule has 12 heteroatoms. The van der Waals surface area contributed by atoms with E-state index in [4.69, 9.17) is 19.6 Å². The molecule has 0 saturated carbocycles. The number of nitro benzene ring substituents is 1. The number of rotatable bonds is 11. The van der Waals surface area contributed by atoms with E-state index in [1.807, 2.05) is 44.2 Å². The van der Waals surface area contributed by atoms with E-state index in [0.717, 1.165) is 10.8 Å². The van der Waals surface area contributed by atoms with Gasteiger partial charge < -0.3 is 14.2 Å². The van der Waals surface area contributed by atoms with Crippen molar-refractivity contribution in [1.29, 1.82) is 5.41 Å². The largest absolute Gasteiger partial charge is 0.491 e. The van der Waals surface area contributed by atoms with E-state index >= 15 is 0 Å². The van der Waals surface area contributed by atoms with E-state index in [0.29, 0.717) is 24.1 Å². The van der Waals surface area contributed by atoms with Crippen LogP contribution in [0.5, 0.6) is 11.5 Å². The third kappa shape index (κ3) is 6.40. The van der Waals surface area contributed by atoms with Crippen molar-refractivity contribution in [2.45, 2.75) is 13.8 Å². The number of amides is 1. The molecule has 11 nitrogen and oxygen atoms in total. The number of nitrogens with one attached hydrogen (secondary N) is 1. The van der Waals surface area contributed by atoms with Gasteiger partial charge in [-0.1, -0.05) is 32.0 Å². The maximum atomic E-state index is 12.7. The van der Waals surface area contributed by atoms with Crippen LogP contribution in [0.3, 0.4) is 0 Å². The van der Waals surface area contributed by atoms with Gasteiger partial charge in [0.15, 0.2) is 5.84 Å². The number of amidine groups is 2. The van der Waals surface area contributed by atoms with Gasteiger partial charge in [0.25, 0.3) is 11.6 Å². The first kappa shape index (κ1) is 26.0. The fourth-order valence-corrected chi connectivity index (χ4v) is 4.23. The number of hydrogen-bond donors (Lipinski definition) is 1. The summed E-state index contributed by atoms with van der Waals surface area (Å²) in [5.41, 5.74) is 0.0513. The van der Waals surface area contributed by atoms with Crippen LogP contribution in [0.15, 0.2) is 64.2 Å². The van der Waals surface area contributed by atoms with Crippen LogP contribution in [0.4, 0.5) is 5.69 Å². The molecule has 0 unspecified atom stereocenters. The number of hydrazone groups is 1. The Morgan fingerprint density at radius 3 is 2.54 bits per heavy atom.